The van der Waals surface area contributed by atoms with E-state index in [0.717, 1.165) is 79.1 Å². The minimum atomic E-state index is -0.170. The topological polar surface area (TPSA) is 67.2 Å². The number of benzene rings is 2. The van der Waals surface area contributed by atoms with Gasteiger partial charge in [0.2, 0.25) is 0 Å². The Morgan fingerprint density at radius 1 is 1.09 bits per heavy atom. The molecule has 0 radical (unpaired) electrons. The molecule has 4 heterocycles. The summed E-state index contributed by atoms with van der Waals surface area (Å²) in [6.45, 7) is 11.6. The number of hydrogen-bond acceptors (Lipinski definition) is 5. The van der Waals surface area contributed by atoms with Gasteiger partial charge in [-0.15, -0.1) is 11.3 Å². The quantitative estimate of drug-likeness (QED) is 0.238. The van der Waals surface area contributed by atoms with Crippen molar-refractivity contribution in [3.05, 3.63) is 97.2 Å². The zero-order valence-corrected chi connectivity index (χ0v) is 26.7. The second-order valence-electron chi connectivity index (χ2n) is 12.0. The maximum absolute atomic E-state index is 14.7. The van der Waals surface area contributed by atoms with Crippen molar-refractivity contribution in [1.82, 2.24) is 19.8 Å². The third-order valence-electron chi connectivity index (χ3n) is 8.63. The number of amides is 1. The maximum atomic E-state index is 14.7. The van der Waals surface area contributed by atoms with Crippen molar-refractivity contribution in [1.29, 1.82) is 0 Å². The number of carbonyl (C=O) groups excluding carboxylic acids is 1. The molecule has 4 aromatic rings. The molecule has 2 saturated heterocycles. The molecule has 0 unspecified atom stereocenters. The fourth-order valence-corrected chi connectivity index (χ4v) is 7.35. The van der Waals surface area contributed by atoms with Gasteiger partial charge in [0.15, 0.2) is 0 Å². The van der Waals surface area contributed by atoms with Crippen LogP contribution in [0.25, 0.3) is 33.6 Å². The number of nitrogens with zero attached hydrogens (tertiary/aromatic N) is 3. The molecule has 6 nitrogen and oxygen atoms in total. The van der Waals surface area contributed by atoms with E-state index in [4.69, 9.17) is 16.6 Å². The summed E-state index contributed by atoms with van der Waals surface area (Å²) < 4.78 is 1.79. The SMILES string of the molecule is CCc1cccc(CC)c1-n1c(C=C(C)C)c(C(=O)N2CC3(CCNC3)C2)cc(-c2nc(-c3ccc(Cl)cc3)cs2)c1=O. The molecule has 6 rings (SSSR count). The molecule has 0 atom stereocenters. The van der Waals surface area contributed by atoms with Gasteiger partial charge in [-0.05, 0) is 75.1 Å². The molecule has 222 valence electrons. The van der Waals surface area contributed by atoms with Gasteiger partial charge in [-0.3, -0.25) is 14.2 Å². The van der Waals surface area contributed by atoms with E-state index in [-0.39, 0.29) is 16.9 Å². The van der Waals surface area contributed by atoms with E-state index in [1.807, 2.05) is 54.5 Å². The van der Waals surface area contributed by atoms with Gasteiger partial charge in [0.25, 0.3) is 11.5 Å². The van der Waals surface area contributed by atoms with Crippen molar-refractivity contribution in [2.24, 2.45) is 5.41 Å². The number of carbonyl (C=O) groups is 1. The summed E-state index contributed by atoms with van der Waals surface area (Å²) in [4.78, 5) is 35.9. The lowest BCUT2D eigenvalue weighted by Crippen LogP contribution is -2.59. The van der Waals surface area contributed by atoms with Gasteiger partial charge in [-0.2, -0.15) is 0 Å². The summed E-state index contributed by atoms with van der Waals surface area (Å²) in [5, 5.41) is 6.66. The van der Waals surface area contributed by atoms with E-state index in [2.05, 4.69) is 37.4 Å². The van der Waals surface area contributed by atoms with E-state index in [1.54, 1.807) is 10.6 Å². The molecule has 0 bridgehead atoms. The molecule has 1 amide bonds. The molecule has 1 spiro atoms. The molecule has 2 aromatic carbocycles. The number of allylic oxidation sites excluding steroid dienone is 1. The highest BCUT2D eigenvalue weighted by molar-refractivity contribution is 7.13. The number of nitrogens with one attached hydrogen (secondary N) is 1. The molecule has 43 heavy (non-hydrogen) atoms. The van der Waals surface area contributed by atoms with Crippen LogP contribution in [0.1, 0.15) is 61.3 Å². The number of thiazole rings is 1. The number of pyridine rings is 1. The Hall–Kier alpha value is -3.52. The largest absolute Gasteiger partial charge is 0.337 e. The number of rotatable bonds is 7. The summed E-state index contributed by atoms with van der Waals surface area (Å²) >= 11 is 7.54. The first-order valence-electron chi connectivity index (χ1n) is 15.0. The maximum Gasteiger partial charge on any atom is 0.265 e. The zero-order valence-electron chi connectivity index (χ0n) is 25.2. The molecule has 2 aromatic heterocycles. The number of aromatic nitrogens is 2. The number of para-hydroxylation sites is 1. The molecule has 0 saturated carbocycles. The van der Waals surface area contributed by atoms with Crippen LogP contribution < -0.4 is 10.9 Å². The Morgan fingerprint density at radius 2 is 1.79 bits per heavy atom. The fourth-order valence-electron chi connectivity index (χ4n) is 6.39. The Kier molecular flexibility index (Phi) is 8.16. The molecule has 2 fully saturated rings. The number of likely N-dealkylation sites (tertiary alicyclic amines) is 1. The highest BCUT2D eigenvalue weighted by Crippen LogP contribution is 2.38. The Balaban J connectivity index is 1.58. The van der Waals surface area contributed by atoms with E-state index in [1.165, 1.54) is 11.3 Å². The molecular weight excluding hydrogens is 576 g/mol. The van der Waals surface area contributed by atoms with Crippen LogP contribution >= 0.6 is 22.9 Å². The van der Waals surface area contributed by atoms with Crippen molar-refractivity contribution in [3.63, 3.8) is 0 Å². The highest BCUT2D eigenvalue weighted by Gasteiger charge is 2.47. The molecule has 2 aliphatic rings. The van der Waals surface area contributed by atoms with Crippen LogP contribution in [0.2, 0.25) is 5.02 Å². The fraction of sp³-hybridized carbons (Fsp3) is 0.343. The lowest BCUT2D eigenvalue weighted by Gasteiger charge is -2.48. The van der Waals surface area contributed by atoms with Crippen LogP contribution in [0.3, 0.4) is 0 Å². The minimum Gasteiger partial charge on any atom is -0.337 e. The number of aryl methyl sites for hydroxylation is 2. The third-order valence-corrected chi connectivity index (χ3v) is 9.76. The number of halogens is 1. The summed E-state index contributed by atoms with van der Waals surface area (Å²) in [5.41, 5.74) is 7.32. The minimum absolute atomic E-state index is 0.0402. The third kappa shape index (κ3) is 5.50. The van der Waals surface area contributed by atoms with Crippen LogP contribution in [0, 0.1) is 5.41 Å². The summed E-state index contributed by atoms with van der Waals surface area (Å²) in [7, 11) is 0. The van der Waals surface area contributed by atoms with E-state index < -0.39 is 0 Å². The van der Waals surface area contributed by atoms with E-state index in [0.29, 0.717) is 26.9 Å². The Morgan fingerprint density at radius 3 is 2.40 bits per heavy atom. The smallest absolute Gasteiger partial charge is 0.265 e. The van der Waals surface area contributed by atoms with Crippen LogP contribution in [0.15, 0.2) is 64.3 Å². The first-order chi connectivity index (χ1) is 20.7. The lowest BCUT2D eigenvalue weighted by molar-refractivity contribution is 0.0158. The van der Waals surface area contributed by atoms with Gasteiger partial charge >= 0.3 is 0 Å². The second-order valence-corrected chi connectivity index (χ2v) is 13.3. The van der Waals surface area contributed by atoms with Crippen molar-refractivity contribution < 1.29 is 4.79 Å². The van der Waals surface area contributed by atoms with Crippen molar-refractivity contribution in [2.75, 3.05) is 26.2 Å². The van der Waals surface area contributed by atoms with Crippen molar-refractivity contribution in [2.45, 2.75) is 47.0 Å². The summed E-state index contributed by atoms with van der Waals surface area (Å²) in [5.74, 6) is -0.0402. The normalized spacial score (nSPS) is 15.5. The van der Waals surface area contributed by atoms with E-state index >= 15 is 0 Å². The highest BCUT2D eigenvalue weighted by atomic mass is 35.5. The lowest BCUT2D eigenvalue weighted by atomic mass is 9.78. The van der Waals surface area contributed by atoms with Gasteiger partial charge < -0.3 is 10.2 Å². The predicted molar refractivity (Wildman–Crippen MR) is 177 cm³/mol. The Labute approximate surface area is 262 Å². The Bertz CT molecular complexity index is 1750. The molecular formula is C35H37ClN4O2S. The van der Waals surface area contributed by atoms with Crippen molar-refractivity contribution in [3.8, 4) is 27.5 Å². The van der Waals surface area contributed by atoms with Gasteiger partial charge in [-0.25, -0.2) is 4.98 Å². The first-order valence-corrected chi connectivity index (χ1v) is 16.3. The van der Waals surface area contributed by atoms with Crippen LogP contribution in [-0.2, 0) is 12.8 Å². The average Bonchev–Trinajstić information content (AvgIpc) is 3.67. The van der Waals surface area contributed by atoms with Crippen LogP contribution in [-0.4, -0.2) is 46.5 Å². The first kappa shape index (κ1) is 29.5. The van der Waals surface area contributed by atoms with Gasteiger partial charge in [0.1, 0.15) is 5.01 Å². The standard InChI is InChI=1S/C35H37ClN4O2S/c1-5-23-8-7-9-24(6-2)31(23)40-30(16-22(3)4)27(33(41)39-20-35(21-39)14-15-37-19-35)17-28(34(40)42)32-38-29(18-43-32)25-10-12-26(36)13-11-25/h7-13,16-18,37H,5-6,14-15,19-21H2,1-4H3. The van der Waals surface area contributed by atoms with Crippen LogP contribution in [0.5, 0.6) is 0 Å². The monoisotopic (exact) mass is 612 g/mol. The van der Waals surface area contributed by atoms with Gasteiger partial charge in [-0.1, -0.05) is 61.4 Å². The molecule has 2 aliphatic heterocycles. The van der Waals surface area contributed by atoms with Gasteiger partial charge in [0, 0.05) is 41.0 Å². The second kappa shape index (κ2) is 11.9. The van der Waals surface area contributed by atoms with E-state index in [9.17, 15) is 9.59 Å². The molecule has 8 heteroatoms. The van der Waals surface area contributed by atoms with Gasteiger partial charge in [0.05, 0.1) is 28.2 Å². The van der Waals surface area contributed by atoms with Crippen molar-refractivity contribution >= 4 is 34.9 Å². The summed E-state index contributed by atoms with van der Waals surface area (Å²) in [6.07, 6.45) is 4.59. The molecule has 1 N–H and O–H groups in total. The predicted octanol–water partition coefficient (Wildman–Crippen LogP) is 7.26. The molecule has 0 aliphatic carbocycles. The zero-order chi connectivity index (χ0) is 30.3. The van der Waals surface area contributed by atoms with Crippen LogP contribution in [0.4, 0.5) is 0 Å². The summed E-state index contributed by atoms with van der Waals surface area (Å²) in [6, 6.07) is 15.5. The number of hydrogen-bond donors (Lipinski definition) is 1. The average molecular weight is 613 g/mol.